The maximum Gasteiger partial charge on any atom is 0.419 e. The van der Waals surface area contributed by atoms with Gasteiger partial charge in [-0.2, -0.15) is 5.26 Å². The van der Waals surface area contributed by atoms with Crippen molar-refractivity contribution in [1.29, 1.82) is 5.26 Å². The first-order valence-corrected chi connectivity index (χ1v) is 5.11. The fraction of sp³-hybridized carbons (Fsp3) is 0.0833. The number of hydrogen-bond donors (Lipinski definition) is 1. The van der Waals surface area contributed by atoms with Crippen LogP contribution in [-0.4, -0.2) is 11.2 Å². The summed E-state index contributed by atoms with van der Waals surface area (Å²) < 4.78 is 9.79. The molecule has 2 rings (SSSR count). The second-order valence-corrected chi connectivity index (χ2v) is 3.41. The molecule has 0 spiro atoms. The standard InChI is InChI=1S/C12H9N3O3/c1-8-10(7-13)11(18-15-8)14-12(16)17-9-5-3-2-4-6-9/h2-6H,1H3,(H,14,16). The summed E-state index contributed by atoms with van der Waals surface area (Å²) >= 11 is 0. The number of amides is 1. The summed E-state index contributed by atoms with van der Waals surface area (Å²) in [5, 5.41) is 14.7. The Labute approximate surface area is 103 Å². The molecule has 0 bridgehead atoms. The second-order valence-electron chi connectivity index (χ2n) is 3.41. The van der Waals surface area contributed by atoms with Gasteiger partial charge in [-0.1, -0.05) is 23.4 Å². The van der Waals surface area contributed by atoms with Crippen molar-refractivity contribution in [1.82, 2.24) is 5.16 Å². The van der Waals surface area contributed by atoms with Crippen LogP contribution in [-0.2, 0) is 0 Å². The molecule has 6 nitrogen and oxygen atoms in total. The van der Waals surface area contributed by atoms with Gasteiger partial charge in [-0.05, 0) is 19.1 Å². The molecule has 1 heterocycles. The lowest BCUT2D eigenvalue weighted by atomic mass is 10.3. The number of aromatic nitrogens is 1. The number of ether oxygens (including phenoxy) is 1. The molecule has 6 heteroatoms. The highest BCUT2D eigenvalue weighted by Crippen LogP contribution is 2.18. The van der Waals surface area contributed by atoms with E-state index < -0.39 is 6.09 Å². The van der Waals surface area contributed by atoms with Crippen LogP contribution in [0.5, 0.6) is 5.75 Å². The molecule has 0 aliphatic rings. The van der Waals surface area contributed by atoms with Crippen LogP contribution in [0.3, 0.4) is 0 Å². The quantitative estimate of drug-likeness (QED) is 0.875. The van der Waals surface area contributed by atoms with Gasteiger partial charge in [-0.15, -0.1) is 0 Å². The Morgan fingerprint density at radius 1 is 1.44 bits per heavy atom. The molecule has 2 aromatic rings. The van der Waals surface area contributed by atoms with Gasteiger partial charge in [0.25, 0.3) is 5.88 Å². The first kappa shape index (κ1) is 11.7. The van der Waals surface area contributed by atoms with Crippen molar-refractivity contribution in [3.63, 3.8) is 0 Å². The number of carbonyl (C=O) groups is 1. The number of nitrogens with one attached hydrogen (secondary N) is 1. The first-order chi connectivity index (χ1) is 8.70. The van der Waals surface area contributed by atoms with Gasteiger partial charge in [0.05, 0.1) is 0 Å². The Morgan fingerprint density at radius 2 is 2.17 bits per heavy atom. The highest BCUT2D eigenvalue weighted by molar-refractivity contribution is 5.86. The normalized spacial score (nSPS) is 9.56. The lowest BCUT2D eigenvalue weighted by Crippen LogP contribution is -2.16. The molecule has 90 valence electrons. The van der Waals surface area contributed by atoms with E-state index in [-0.39, 0.29) is 11.4 Å². The van der Waals surface area contributed by atoms with Gasteiger partial charge < -0.3 is 9.26 Å². The Bertz CT molecular complexity index is 599. The first-order valence-electron chi connectivity index (χ1n) is 5.11. The van der Waals surface area contributed by atoms with Crippen molar-refractivity contribution in [3.05, 3.63) is 41.6 Å². The molecule has 18 heavy (non-hydrogen) atoms. The molecule has 1 amide bonds. The van der Waals surface area contributed by atoms with Gasteiger partial charge in [0.2, 0.25) is 0 Å². The van der Waals surface area contributed by atoms with Gasteiger partial charge in [0, 0.05) is 0 Å². The highest BCUT2D eigenvalue weighted by Gasteiger charge is 2.16. The van der Waals surface area contributed by atoms with E-state index in [1.807, 2.05) is 6.07 Å². The largest absolute Gasteiger partial charge is 0.419 e. The zero-order chi connectivity index (χ0) is 13.0. The van der Waals surface area contributed by atoms with Crippen molar-refractivity contribution < 1.29 is 14.1 Å². The molecule has 1 aromatic carbocycles. The molecule has 0 unspecified atom stereocenters. The monoisotopic (exact) mass is 243 g/mol. The number of anilines is 1. The van der Waals surface area contributed by atoms with Crippen LogP contribution in [0.25, 0.3) is 0 Å². The van der Waals surface area contributed by atoms with E-state index in [2.05, 4.69) is 10.5 Å². The van der Waals surface area contributed by atoms with E-state index in [0.717, 1.165) is 0 Å². The third kappa shape index (κ3) is 2.47. The average Bonchev–Trinajstić information content (AvgIpc) is 2.71. The van der Waals surface area contributed by atoms with E-state index in [9.17, 15) is 4.79 Å². The SMILES string of the molecule is Cc1noc(NC(=O)Oc2ccccc2)c1C#N. The third-order valence-electron chi connectivity index (χ3n) is 2.14. The van der Waals surface area contributed by atoms with Gasteiger partial charge in [0.15, 0.2) is 0 Å². The van der Waals surface area contributed by atoms with Crippen molar-refractivity contribution in [2.75, 3.05) is 5.32 Å². The summed E-state index contributed by atoms with van der Waals surface area (Å²) in [6.45, 7) is 1.61. The molecule has 0 saturated heterocycles. The molecular weight excluding hydrogens is 234 g/mol. The van der Waals surface area contributed by atoms with Crippen LogP contribution in [0.2, 0.25) is 0 Å². The molecule has 1 N–H and O–H groups in total. The molecule has 0 saturated carbocycles. The van der Waals surface area contributed by atoms with E-state index in [0.29, 0.717) is 11.4 Å². The summed E-state index contributed by atoms with van der Waals surface area (Å²) in [6.07, 6.45) is -0.742. The lowest BCUT2D eigenvalue weighted by Gasteiger charge is -2.03. The minimum atomic E-state index is -0.742. The average molecular weight is 243 g/mol. The summed E-state index contributed by atoms with van der Waals surface area (Å²) in [7, 11) is 0. The fourth-order valence-electron chi connectivity index (χ4n) is 1.30. The molecule has 0 atom stereocenters. The molecule has 0 aliphatic heterocycles. The van der Waals surface area contributed by atoms with Crippen LogP contribution in [0.1, 0.15) is 11.3 Å². The smallest absolute Gasteiger partial charge is 0.410 e. The number of benzene rings is 1. The van der Waals surface area contributed by atoms with E-state index in [1.54, 1.807) is 37.3 Å². The Kier molecular flexibility index (Phi) is 3.25. The zero-order valence-corrected chi connectivity index (χ0v) is 9.51. The summed E-state index contributed by atoms with van der Waals surface area (Å²) in [5.41, 5.74) is 0.590. The van der Waals surface area contributed by atoms with Crippen molar-refractivity contribution in [2.45, 2.75) is 6.92 Å². The minimum Gasteiger partial charge on any atom is -0.410 e. The lowest BCUT2D eigenvalue weighted by molar-refractivity contribution is 0.214. The molecular formula is C12H9N3O3. The predicted molar refractivity (Wildman–Crippen MR) is 62.0 cm³/mol. The van der Waals surface area contributed by atoms with Crippen LogP contribution in [0.4, 0.5) is 10.7 Å². The summed E-state index contributed by atoms with van der Waals surface area (Å²) in [4.78, 5) is 11.5. The number of aryl methyl sites for hydroxylation is 1. The van der Waals surface area contributed by atoms with Crippen LogP contribution >= 0.6 is 0 Å². The number of rotatable bonds is 2. The fourth-order valence-corrected chi connectivity index (χ4v) is 1.30. The van der Waals surface area contributed by atoms with Gasteiger partial charge in [-0.3, -0.25) is 5.32 Å². The maximum atomic E-state index is 11.5. The highest BCUT2D eigenvalue weighted by atomic mass is 16.6. The summed E-state index contributed by atoms with van der Waals surface area (Å²) in [5.74, 6) is 0.376. The van der Waals surface area contributed by atoms with Crippen molar-refractivity contribution in [3.8, 4) is 11.8 Å². The zero-order valence-electron chi connectivity index (χ0n) is 9.51. The molecule has 0 aliphatic carbocycles. The van der Waals surface area contributed by atoms with Crippen LogP contribution < -0.4 is 10.1 Å². The Hall–Kier alpha value is -2.81. The van der Waals surface area contributed by atoms with Crippen LogP contribution in [0, 0.1) is 18.3 Å². The molecule has 1 aromatic heterocycles. The van der Waals surface area contributed by atoms with Gasteiger partial charge in [-0.25, -0.2) is 4.79 Å². The van der Waals surface area contributed by atoms with Gasteiger partial charge >= 0.3 is 6.09 Å². The van der Waals surface area contributed by atoms with Crippen molar-refractivity contribution >= 4 is 12.0 Å². The Morgan fingerprint density at radius 3 is 2.83 bits per heavy atom. The van der Waals surface area contributed by atoms with E-state index in [4.69, 9.17) is 14.5 Å². The minimum absolute atomic E-state index is 0.0177. The Balaban J connectivity index is 2.06. The van der Waals surface area contributed by atoms with E-state index in [1.165, 1.54) is 0 Å². The number of carbonyl (C=O) groups excluding carboxylic acids is 1. The second kappa shape index (κ2) is 5.01. The number of nitriles is 1. The maximum absolute atomic E-state index is 11.5. The predicted octanol–water partition coefficient (Wildman–Crippen LogP) is 2.47. The van der Waals surface area contributed by atoms with Gasteiger partial charge in [0.1, 0.15) is 23.1 Å². The third-order valence-corrected chi connectivity index (χ3v) is 2.14. The van der Waals surface area contributed by atoms with Crippen molar-refractivity contribution in [2.24, 2.45) is 0 Å². The van der Waals surface area contributed by atoms with E-state index >= 15 is 0 Å². The number of para-hydroxylation sites is 1. The summed E-state index contributed by atoms with van der Waals surface area (Å²) in [6, 6.07) is 10.4. The number of hydrogen-bond acceptors (Lipinski definition) is 5. The molecule has 0 fully saturated rings. The topological polar surface area (TPSA) is 88.2 Å². The van der Waals surface area contributed by atoms with Crippen LogP contribution in [0.15, 0.2) is 34.9 Å². The number of nitrogens with zero attached hydrogens (tertiary/aromatic N) is 2. The molecule has 0 radical (unpaired) electrons.